The lowest BCUT2D eigenvalue weighted by Gasteiger charge is -2.23. The largest absolute Gasteiger partial charge is 0.360 e. The SMILES string of the molecule is CCN(CC)C1=NC=C(c2ccccc2)C(C)=C(c2ccccc2)C1. The van der Waals surface area contributed by atoms with E-state index in [4.69, 9.17) is 4.99 Å². The Bertz CT molecular complexity index is 751. The van der Waals surface area contributed by atoms with Crippen LogP contribution in [0.3, 0.4) is 0 Å². The highest BCUT2D eigenvalue weighted by atomic mass is 15.2. The van der Waals surface area contributed by atoms with E-state index in [1.165, 1.54) is 27.8 Å². The Hall–Kier alpha value is -2.61. The summed E-state index contributed by atoms with van der Waals surface area (Å²) < 4.78 is 0. The quantitative estimate of drug-likeness (QED) is 0.708. The minimum atomic E-state index is 0.865. The molecule has 2 heteroatoms. The van der Waals surface area contributed by atoms with Gasteiger partial charge < -0.3 is 4.90 Å². The normalized spacial score (nSPS) is 14.7. The van der Waals surface area contributed by atoms with Crippen molar-refractivity contribution in [3.05, 3.63) is 83.6 Å². The van der Waals surface area contributed by atoms with Crippen molar-refractivity contribution in [3.8, 4) is 0 Å². The van der Waals surface area contributed by atoms with E-state index in [1.807, 2.05) is 6.20 Å². The first-order valence-corrected chi connectivity index (χ1v) is 9.07. The average Bonchev–Trinajstić information content (AvgIpc) is 2.84. The maximum Gasteiger partial charge on any atom is 0.109 e. The van der Waals surface area contributed by atoms with Crippen LogP contribution in [0.1, 0.15) is 38.3 Å². The van der Waals surface area contributed by atoms with Gasteiger partial charge in [0.1, 0.15) is 5.84 Å². The van der Waals surface area contributed by atoms with Gasteiger partial charge in [0, 0.05) is 31.3 Å². The van der Waals surface area contributed by atoms with Gasteiger partial charge in [-0.2, -0.15) is 0 Å². The fraction of sp³-hybridized carbons (Fsp3) is 0.261. The van der Waals surface area contributed by atoms with Crippen LogP contribution in [-0.4, -0.2) is 23.8 Å². The summed E-state index contributed by atoms with van der Waals surface area (Å²) in [5, 5.41) is 0. The molecule has 2 aromatic carbocycles. The highest BCUT2D eigenvalue weighted by molar-refractivity contribution is 6.00. The van der Waals surface area contributed by atoms with Crippen LogP contribution in [0.4, 0.5) is 0 Å². The molecule has 2 aromatic rings. The molecule has 25 heavy (non-hydrogen) atoms. The van der Waals surface area contributed by atoms with Gasteiger partial charge in [0.15, 0.2) is 0 Å². The first-order chi connectivity index (χ1) is 12.2. The zero-order valence-corrected chi connectivity index (χ0v) is 15.4. The molecule has 0 unspecified atom stereocenters. The van der Waals surface area contributed by atoms with Gasteiger partial charge in [-0.25, -0.2) is 4.99 Å². The highest BCUT2D eigenvalue weighted by Crippen LogP contribution is 2.34. The van der Waals surface area contributed by atoms with Gasteiger partial charge in [-0.1, -0.05) is 60.7 Å². The summed E-state index contributed by atoms with van der Waals surface area (Å²) in [6.07, 6.45) is 2.92. The van der Waals surface area contributed by atoms with Crippen molar-refractivity contribution >= 4 is 17.0 Å². The van der Waals surface area contributed by atoms with Gasteiger partial charge >= 0.3 is 0 Å². The van der Waals surface area contributed by atoms with Crippen molar-refractivity contribution in [2.24, 2.45) is 4.99 Å². The molecule has 0 amide bonds. The minimum absolute atomic E-state index is 0.865. The lowest BCUT2D eigenvalue weighted by Crippen LogP contribution is -2.30. The number of aliphatic imine (C=N–C) groups is 1. The first-order valence-electron chi connectivity index (χ1n) is 9.07. The Balaban J connectivity index is 2.14. The van der Waals surface area contributed by atoms with Crippen LogP contribution >= 0.6 is 0 Å². The van der Waals surface area contributed by atoms with Crippen molar-refractivity contribution in [2.75, 3.05) is 13.1 Å². The third-order valence-electron chi connectivity index (χ3n) is 4.87. The monoisotopic (exact) mass is 330 g/mol. The molecule has 0 aromatic heterocycles. The number of amidine groups is 1. The predicted molar refractivity (Wildman–Crippen MR) is 108 cm³/mol. The number of nitrogens with zero attached hydrogens (tertiary/aromatic N) is 2. The van der Waals surface area contributed by atoms with E-state index in [2.05, 4.69) is 86.3 Å². The van der Waals surface area contributed by atoms with E-state index < -0.39 is 0 Å². The second kappa shape index (κ2) is 7.98. The smallest absolute Gasteiger partial charge is 0.109 e. The Morgan fingerprint density at radius 2 is 1.40 bits per heavy atom. The first kappa shape index (κ1) is 17.2. The van der Waals surface area contributed by atoms with E-state index in [-0.39, 0.29) is 0 Å². The fourth-order valence-electron chi connectivity index (χ4n) is 3.38. The second-order valence-electron chi connectivity index (χ2n) is 6.27. The molecule has 0 N–H and O–H groups in total. The minimum Gasteiger partial charge on any atom is -0.360 e. The Morgan fingerprint density at radius 1 is 0.840 bits per heavy atom. The van der Waals surface area contributed by atoms with Crippen LogP contribution in [0, 0.1) is 0 Å². The molecule has 0 saturated carbocycles. The van der Waals surface area contributed by atoms with Crippen molar-refractivity contribution < 1.29 is 0 Å². The molecule has 0 radical (unpaired) electrons. The number of hydrogen-bond acceptors (Lipinski definition) is 2. The summed E-state index contributed by atoms with van der Waals surface area (Å²) in [7, 11) is 0. The van der Waals surface area contributed by atoms with Gasteiger partial charge in [-0.15, -0.1) is 0 Å². The van der Waals surface area contributed by atoms with Crippen LogP contribution < -0.4 is 0 Å². The summed E-state index contributed by atoms with van der Waals surface area (Å²) >= 11 is 0. The third-order valence-corrected chi connectivity index (χ3v) is 4.87. The van der Waals surface area contributed by atoms with Crippen LogP contribution in [0.5, 0.6) is 0 Å². The second-order valence-corrected chi connectivity index (χ2v) is 6.27. The van der Waals surface area contributed by atoms with E-state index in [9.17, 15) is 0 Å². The van der Waals surface area contributed by atoms with E-state index in [1.54, 1.807) is 0 Å². The molecule has 0 fully saturated rings. The maximum atomic E-state index is 4.89. The summed E-state index contributed by atoms with van der Waals surface area (Å²) in [4.78, 5) is 7.24. The molecule has 128 valence electrons. The molecule has 0 aliphatic carbocycles. The molecule has 3 rings (SSSR count). The van der Waals surface area contributed by atoms with Gasteiger partial charge in [0.2, 0.25) is 0 Å². The van der Waals surface area contributed by atoms with Crippen LogP contribution in [0.15, 0.2) is 77.4 Å². The highest BCUT2D eigenvalue weighted by Gasteiger charge is 2.19. The molecule has 1 aliphatic rings. The zero-order chi connectivity index (χ0) is 17.6. The summed E-state index contributed by atoms with van der Waals surface area (Å²) in [5.74, 6) is 1.15. The van der Waals surface area contributed by atoms with Crippen LogP contribution in [-0.2, 0) is 0 Å². The van der Waals surface area contributed by atoms with Gasteiger partial charge in [-0.3, -0.25) is 0 Å². The topological polar surface area (TPSA) is 15.6 Å². The summed E-state index contributed by atoms with van der Waals surface area (Å²) in [6.45, 7) is 8.56. The Morgan fingerprint density at radius 3 is 1.96 bits per heavy atom. The maximum absolute atomic E-state index is 4.89. The Kier molecular flexibility index (Phi) is 5.49. The molecular formula is C23H26N2. The van der Waals surface area contributed by atoms with Gasteiger partial charge in [0.25, 0.3) is 0 Å². The predicted octanol–water partition coefficient (Wildman–Crippen LogP) is 5.65. The van der Waals surface area contributed by atoms with Gasteiger partial charge in [0.05, 0.1) is 0 Å². The molecule has 0 saturated heterocycles. The number of rotatable bonds is 4. The third kappa shape index (κ3) is 3.74. The number of hydrogen-bond donors (Lipinski definition) is 0. The fourth-order valence-corrected chi connectivity index (χ4v) is 3.38. The molecule has 2 nitrogen and oxygen atoms in total. The van der Waals surface area contributed by atoms with Crippen LogP contribution in [0.25, 0.3) is 11.1 Å². The van der Waals surface area contributed by atoms with Crippen molar-refractivity contribution in [2.45, 2.75) is 27.2 Å². The van der Waals surface area contributed by atoms with Crippen molar-refractivity contribution in [1.29, 1.82) is 0 Å². The van der Waals surface area contributed by atoms with E-state index >= 15 is 0 Å². The molecule has 0 spiro atoms. The average molecular weight is 330 g/mol. The lowest BCUT2D eigenvalue weighted by atomic mass is 9.90. The zero-order valence-electron chi connectivity index (χ0n) is 15.4. The van der Waals surface area contributed by atoms with Crippen molar-refractivity contribution in [1.82, 2.24) is 4.90 Å². The van der Waals surface area contributed by atoms with Crippen molar-refractivity contribution in [3.63, 3.8) is 0 Å². The molecule has 1 heterocycles. The van der Waals surface area contributed by atoms with Crippen LogP contribution in [0.2, 0.25) is 0 Å². The summed E-state index contributed by atoms with van der Waals surface area (Å²) in [5.41, 5.74) is 6.38. The lowest BCUT2D eigenvalue weighted by molar-refractivity contribution is 0.459. The molecule has 1 aliphatic heterocycles. The number of benzene rings is 2. The summed E-state index contributed by atoms with van der Waals surface area (Å²) in [6, 6.07) is 21.3. The Labute approximate surface area is 151 Å². The van der Waals surface area contributed by atoms with E-state index in [0.717, 1.165) is 25.3 Å². The van der Waals surface area contributed by atoms with E-state index in [0.29, 0.717) is 0 Å². The molecular weight excluding hydrogens is 304 g/mol. The molecule has 0 bridgehead atoms. The molecule has 0 atom stereocenters. The number of allylic oxidation sites excluding steroid dienone is 2. The standard InChI is InChI=1S/C23H26N2/c1-4-25(5-2)23-16-21(19-12-8-6-9-13-19)18(3)22(17-24-23)20-14-10-7-11-15-20/h6-15,17H,4-5,16H2,1-3H3. The van der Waals surface area contributed by atoms with Gasteiger partial charge in [-0.05, 0) is 43.0 Å².